The summed E-state index contributed by atoms with van der Waals surface area (Å²) in [6.07, 6.45) is 5.81. The molecule has 1 aliphatic rings. The highest BCUT2D eigenvalue weighted by Crippen LogP contribution is 2.35. The molecule has 41 heavy (non-hydrogen) atoms. The Hall–Kier alpha value is -3.89. The Morgan fingerprint density at radius 2 is 1.66 bits per heavy atom. The van der Waals surface area contributed by atoms with Crippen LogP contribution < -0.4 is 5.32 Å². The van der Waals surface area contributed by atoms with E-state index in [2.05, 4.69) is 100 Å². The summed E-state index contributed by atoms with van der Waals surface area (Å²) < 4.78 is 0. The number of nitrogens with one attached hydrogen (secondary N) is 2. The first-order chi connectivity index (χ1) is 20.1. The van der Waals surface area contributed by atoms with E-state index in [1.54, 1.807) is 0 Å². The average molecular weight is 544 g/mol. The molecule has 4 aromatic carbocycles. The van der Waals surface area contributed by atoms with Crippen LogP contribution in [0.15, 0.2) is 91.0 Å². The summed E-state index contributed by atoms with van der Waals surface area (Å²) in [7, 11) is 0. The third kappa shape index (κ3) is 6.08. The summed E-state index contributed by atoms with van der Waals surface area (Å²) in [5.41, 5.74) is 7.50. The van der Waals surface area contributed by atoms with Crippen LogP contribution >= 0.6 is 0 Å². The molecule has 1 aliphatic heterocycles. The van der Waals surface area contributed by atoms with Gasteiger partial charge in [-0.3, -0.25) is 4.79 Å². The lowest BCUT2D eigenvalue weighted by molar-refractivity contribution is -0.118. The molecule has 0 radical (unpaired) electrons. The number of likely N-dealkylation sites (tertiary alicyclic amines) is 1. The number of anilines is 1. The normalized spacial score (nSPS) is 14.7. The van der Waals surface area contributed by atoms with Crippen molar-refractivity contribution in [1.29, 1.82) is 0 Å². The van der Waals surface area contributed by atoms with E-state index < -0.39 is 0 Å². The third-order valence-electron chi connectivity index (χ3n) is 8.76. The number of aryl methyl sites for hydroxylation is 1. The minimum absolute atomic E-state index is 0.0114. The molecular formula is C37H41N3O. The van der Waals surface area contributed by atoms with Crippen LogP contribution in [0.4, 0.5) is 5.69 Å². The molecule has 0 atom stereocenters. The van der Waals surface area contributed by atoms with Gasteiger partial charge in [0.1, 0.15) is 0 Å². The highest BCUT2D eigenvalue weighted by Gasteiger charge is 2.21. The third-order valence-corrected chi connectivity index (χ3v) is 8.76. The van der Waals surface area contributed by atoms with Crippen molar-refractivity contribution in [3.05, 3.63) is 102 Å². The summed E-state index contributed by atoms with van der Waals surface area (Å²) in [4.78, 5) is 18.6. The summed E-state index contributed by atoms with van der Waals surface area (Å²) in [5, 5.41) is 6.99. The number of hydrogen-bond donors (Lipinski definition) is 2. The number of nitrogens with zero attached hydrogens (tertiary/aromatic N) is 1. The zero-order chi connectivity index (χ0) is 28.2. The number of hydrogen-bond acceptors (Lipinski definition) is 2. The number of fused-ring (bicyclic) bond motifs is 3. The molecule has 1 aromatic heterocycles. The van der Waals surface area contributed by atoms with Crippen molar-refractivity contribution < 1.29 is 4.79 Å². The second-order valence-electron chi connectivity index (χ2n) is 11.9. The van der Waals surface area contributed by atoms with Crippen LogP contribution in [-0.2, 0) is 11.2 Å². The maximum atomic E-state index is 12.1. The van der Waals surface area contributed by atoms with Gasteiger partial charge in [0.25, 0.3) is 0 Å². The molecule has 4 heteroatoms. The van der Waals surface area contributed by atoms with Gasteiger partial charge in [0.05, 0.1) is 5.52 Å². The Labute approximate surface area is 243 Å². The monoisotopic (exact) mass is 543 g/mol. The van der Waals surface area contributed by atoms with E-state index in [4.69, 9.17) is 0 Å². The summed E-state index contributed by atoms with van der Waals surface area (Å²) >= 11 is 0. The molecule has 0 unspecified atom stereocenters. The first-order valence-corrected chi connectivity index (χ1v) is 15.3. The molecular weight excluding hydrogens is 502 g/mol. The summed E-state index contributed by atoms with van der Waals surface area (Å²) in [5.74, 6) is 0.633. The van der Waals surface area contributed by atoms with Crippen molar-refractivity contribution in [2.45, 2.75) is 51.9 Å². The second kappa shape index (κ2) is 12.3. The zero-order valence-corrected chi connectivity index (χ0v) is 24.3. The maximum Gasteiger partial charge on any atom is 0.226 e. The number of piperidine rings is 1. The van der Waals surface area contributed by atoms with E-state index in [-0.39, 0.29) is 11.8 Å². The second-order valence-corrected chi connectivity index (χ2v) is 11.9. The van der Waals surface area contributed by atoms with Crippen LogP contribution in [0.5, 0.6) is 0 Å². The Balaban J connectivity index is 1.07. The number of H-pyrrole nitrogens is 1. The first kappa shape index (κ1) is 27.3. The van der Waals surface area contributed by atoms with Gasteiger partial charge in [0, 0.05) is 28.1 Å². The molecule has 2 N–H and O–H groups in total. The topological polar surface area (TPSA) is 48.1 Å². The van der Waals surface area contributed by atoms with Crippen molar-refractivity contribution in [2.24, 2.45) is 5.92 Å². The van der Waals surface area contributed by atoms with Crippen LogP contribution in [0.1, 0.15) is 56.6 Å². The number of amides is 1. The Bertz CT molecular complexity index is 1630. The van der Waals surface area contributed by atoms with E-state index in [0.29, 0.717) is 5.92 Å². The van der Waals surface area contributed by atoms with Gasteiger partial charge in [-0.25, -0.2) is 0 Å². The number of carbonyl (C=O) groups excluding carboxylic acids is 1. The number of unbranched alkanes of at least 4 members (excludes halogenated alkanes) is 1. The molecule has 5 aromatic rings. The molecule has 210 valence electrons. The van der Waals surface area contributed by atoms with Crippen LogP contribution in [-0.4, -0.2) is 35.4 Å². The molecule has 0 spiro atoms. The molecule has 1 amide bonds. The fourth-order valence-electron chi connectivity index (χ4n) is 6.39. The lowest BCUT2D eigenvalue weighted by atomic mass is 9.89. The Morgan fingerprint density at radius 3 is 2.46 bits per heavy atom. The average Bonchev–Trinajstić information content (AvgIpc) is 3.39. The number of rotatable bonds is 9. The molecule has 4 nitrogen and oxygen atoms in total. The molecule has 0 bridgehead atoms. The predicted octanol–water partition coefficient (Wildman–Crippen LogP) is 8.78. The van der Waals surface area contributed by atoms with Gasteiger partial charge in [0.2, 0.25) is 5.91 Å². The highest BCUT2D eigenvalue weighted by atomic mass is 16.1. The van der Waals surface area contributed by atoms with Crippen LogP contribution in [0.3, 0.4) is 0 Å². The predicted molar refractivity (Wildman–Crippen MR) is 173 cm³/mol. The lowest BCUT2D eigenvalue weighted by Crippen LogP contribution is -2.33. The Morgan fingerprint density at radius 1 is 0.878 bits per heavy atom. The van der Waals surface area contributed by atoms with Crippen molar-refractivity contribution in [3.63, 3.8) is 0 Å². The fourth-order valence-corrected chi connectivity index (χ4v) is 6.39. The SMILES string of the molecule is CC(C)C(=O)Nc1cccc(C2CCN(CCCCc3c(-c4ccccc4)[nH]c4c3ccc3ccccc34)CC2)c1. The molecule has 2 heterocycles. The number of aromatic nitrogens is 1. The first-order valence-electron chi connectivity index (χ1n) is 15.3. The molecule has 1 saturated heterocycles. The van der Waals surface area contributed by atoms with Crippen LogP contribution in [0, 0.1) is 5.92 Å². The summed E-state index contributed by atoms with van der Waals surface area (Å²) in [6.45, 7) is 7.30. The number of benzene rings is 4. The van der Waals surface area contributed by atoms with Gasteiger partial charge in [-0.05, 0) is 91.9 Å². The van der Waals surface area contributed by atoms with Gasteiger partial charge in [-0.1, -0.05) is 92.7 Å². The van der Waals surface area contributed by atoms with E-state index in [0.717, 1.165) is 31.7 Å². The number of carbonyl (C=O) groups is 1. The Kier molecular flexibility index (Phi) is 8.20. The smallest absolute Gasteiger partial charge is 0.226 e. The van der Waals surface area contributed by atoms with Crippen LogP contribution in [0.2, 0.25) is 0 Å². The van der Waals surface area contributed by atoms with Crippen molar-refractivity contribution in [2.75, 3.05) is 25.0 Å². The van der Waals surface area contributed by atoms with E-state index in [9.17, 15) is 4.79 Å². The fraction of sp³-hybridized carbons (Fsp3) is 0.324. The molecule has 0 saturated carbocycles. The van der Waals surface area contributed by atoms with Gasteiger partial charge >= 0.3 is 0 Å². The molecule has 6 rings (SSSR count). The van der Waals surface area contributed by atoms with E-state index in [1.165, 1.54) is 69.7 Å². The molecule has 0 aliphatic carbocycles. The van der Waals surface area contributed by atoms with Crippen molar-refractivity contribution in [1.82, 2.24) is 9.88 Å². The highest BCUT2D eigenvalue weighted by molar-refractivity contribution is 6.08. The van der Waals surface area contributed by atoms with Crippen molar-refractivity contribution in [3.8, 4) is 11.3 Å². The lowest BCUT2D eigenvalue weighted by Gasteiger charge is -2.32. The van der Waals surface area contributed by atoms with Crippen molar-refractivity contribution >= 4 is 33.3 Å². The maximum absolute atomic E-state index is 12.1. The largest absolute Gasteiger partial charge is 0.354 e. The van der Waals surface area contributed by atoms with Gasteiger partial charge in [-0.15, -0.1) is 0 Å². The molecule has 1 fully saturated rings. The van der Waals surface area contributed by atoms with Gasteiger partial charge in [0.15, 0.2) is 0 Å². The zero-order valence-electron chi connectivity index (χ0n) is 24.3. The van der Waals surface area contributed by atoms with Crippen LogP contribution in [0.25, 0.3) is 32.9 Å². The van der Waals surface area contributed by atoms with E-state index >= 15 is 0 Å². The van der Waals surface area contributed by atoms with E-state index in [1.807, 2.05) is 19.9 Å². The van der Waals surface area contributed by atoms with Gasteiger partial charge < -0.3 is 15.2 Å². The minimum atomic E-state index is -0.0114. The minimum Gasteiger partial charge on any atom is -0.354 e. The summed E-state index contributed by atoms with van der Waals surface area (Å²) in [6, 6.07) is 32.5. The quantitative estimate of drug-likeness (QED) is 0.183. The standard InChI is InChI=1S/C37H41N3O/c1-26(2)37(41)38-31-15-10-14-30(25-31)27-20-23-40(24-21-27)22-9-8-17-33-34-19-18-28-11-6-7-16-32(28)36(34)39-35(33)29-12-4-3-5-13-29/h3-7,10-16,18-19,25-27,39H,8-9,17,20-24H2,1-2H3,(H,38,41). The number of aromatic amines is 1. The van der Waals surface area contributed by atoms with Gasteiger partial charge in [-0.2, -0.15) is 0 Å².